The summed E-state index contributed by atoms with van der Waals surface area (Å²) >= 11 is 0. The number of Topliss-reactive ketones (excluding diaryl/α,β-unsaturated/α-hetero) is 4. The molecule has 0 saturated heterocycles. The van der Waals surface area contributed by atoms with E-state index in [0.717, 1.165) is 11.1 Å². The molecular weight excluding hydrogens is 478 g/mol. The lowest BCUT2D eigenvalue weighted by molar-refractivity contribution is -0.181. The maximum atomic E-state index is 13.8. The predicted octanol–water partition coefficient (Wildman–Crippen LogP) is 0.237. The summed E-state index contributed by atoms with van der Waals surface area (Å²) in [5, 5.41) is 22.3. The number of hydrogen-bond acceptors (Lipinski definition) is 9. The standard InChI is InChI=1S/C27H27N3O7/c1-11-6-7-29-10-15(11)13-4-5-17(31)19-14(13)8-12-9-16-21(30(2)3)23(33)20(26(28)36)25(35)27(16,37)24(34)18(12)22(19)32/h4-7,10,12,16,18,20-21,31,37H,8-9H2,1-3H3,(H2,28,36). The van der Waals surface area contributed by atoms with Crippen LogP contribution < -0.4 is 5.73 Å². The highest BCUT2D eigenvalue weighted by Gasteiger charge is 2.69. The Morgan fingerprint density at radius 2 is 1.81 bits per heavy atom. The van der Waals surface area contributed by atoms with Crippen molar-refractivity contribution in [3.8, 4) is 16.9 Å². The molecule has 6 atom stereocenters. The highest BCUT2D eigenvalue weighted by Crippen LogP contribution is 2.51. The van der Waals surface area contributed by atoms with Gasteiger partial charge in [-0.15, -0.1) is 0 Å². The first-order valence-electron chi connectivity index (χ1n) is 12.0. The summed E-state index contributed by atoms with van der Waals surface area (Å²) in [4.78, 5) is 71.8. The molecule has 3 aliphatic carbocycles. The molecule has 1 aromatic carbocycles. The van der Waals surface area contributed by atoms with Crippen molar-refractivity contribution in [3.63, 3.8) is 0 Å². The third-order valence-electron chi connectivity index (χ3n) is 8.27. The van der Waals surface area contributed by atoms with Gasteiger partial charge in [0.15, 0.2) is 34.7 Å². The van der Waals surface area contributed by atoms with Gasteiger partial charge in [0, 0.05) is 23.9 Å². The number of amides is 1. The molecule has 10 nitrogen and oxygen atoms in total. The highest BCUT2D eigenvalue weighted by molar-refractivity contribution is 6.32. The lowest BCUT2D eigenvalue weighted by Crippen LogP contribution is -2.74. The van der Waals surface area contributed by atoms with E-state index >= 15 is 0 Å². The van der Waals surface area contributed by atoms with Gasteiger partial charge in [0.2, 0.25) is 5.91 Å². The summed E-state index contributed by atoms with van der Waals surface area (Å²) in [5.74, 6) is -10.6. The molecule has 2 aromatic rings. The number of aromatic nitrogens is 1. The van der Waals surface area contributed by atoms with Gasteiger partial charge >= 0.3 is 0 Å². The van der Waals surface area contributed by atoms with E-state index < -0.39 is 64.4 Å². The highest BCUT2D eigenvalue weighted by atomic mass is 16.3. The van der Waals surface area contributed by atoms with E-state index in [1.54, 1.807) is 32.6 Å². The third kappa shape index (κ3) is 3.32. The number of benzene rings is 1. The van der Waals surface area contributed by atoms with Crippen LogP contribution in [0.5, 0.6) is 5.75 Å². The summed E-state index contributed by atoms with van der Waals surface area (Å²) in [5.41, 5.74) is 5.47. The zero-order chi connectivity index (χ0) is 27.0. The monoisotopic (exact) mass is 505 g/mol. The van der Waals surface area contributed by atoms with E-state index in [4.69, 9.17) is 5.73 Å². The first-order valence-corrected chi connectivity index (χ1v) is 12.0. The molecule has 0 spiro atoms. The van der Waals surface area contributed by atoms with E-state index in [1.165, 1.54) is 11.0 Å². The zero-order valence-corrected chi connectivity index (χ0v) is 20.6. The number of likely N-dealkylation sites (N-methyl/N-ethyl adjacent to an activating group) is 1. The minimum atomic E-state index is -2.73. The van der Waals surface area contributed by atoms with Gasteiger partial charge in [-0.3, -0.25) is 33.9 Å². The fourth-order valence-electron chi connectivity index (χ4n) is 6.60. The van der Waals surface area contributed by atoms with Crippen molar-refractivity contribution in [2.75, 3.05) is 14.1 Å². The Morgan fingerprint density at radius 1 is 1.11 bits per heavy atom. The van der Waals surface area contributed by atoms with Crippen molar-refractivity contribution >= 4 is 29.0 Å². The normalized spacial score (nSPS) is 31.1. The number of carbonyl (C=O) groups is 5. The number of aliphatic hydroxyl groups is 1. The van der Waals surface area contributed by atoms with Crippen LogP contribution in [0.15, 0.2) is 30.6 Å². The summed E-state index contributed by atoms with van der Waals surface area (Å²) in [6, 6.07) is 3.76. The number of fused-ring (bicyclic) bond motifs is 3. The van der Waals surface area contributed by atoms with Crippen molar-refractivity contribution in [2.45, 2.75) is 31.4 Å². The number of aromatic hydroxyl groups is 1. The Bertz CT molecular complexity index is 1400. The van der Waals surface area contributed by atoms with Gasteiger partial charge in [-0.05, 0) is 68.6 Å². The largest absolute Gasteiger partial charge is 0.507 e. The van der Waals surface area contributed by atoms with Crippen LogP contribution in [0.4, 0.5) is 0 Å². The van der Waals surface area contributed by atoms with E-state index in [-0.39, 0.29) is 24.2 Å². The molecular formula is C27H27N3O7. The number of aryl methyl sites for hydroxylation is 1. The van der Waals surface area contributed by atoms with Crippen LogP contribution >= 0.6 is 0 Å². The number of primary amides is 1. The van der Waals surface area contributed by atoms with Crippen molar-refractivity contribution in [1.82, 2.24) is 9.88 Å². The number of nitrogens with zero attached hydrogens (tertiary/aromatic N) is 2. The number of hydrogen-bond donors (Lipinski definition) is 3. The maximum Gasteiger partial charge on any atom is 0.235 e. The second-order valence-electron chi connectivity index (χ2n) is 10.5. The minimum absolute atomic E-state index is 0.00497. The Balaban J connectivity index is 1.67. The number of phenolic OH excluding ortho intramolecular Hbond substituents is 1. The van der Waals surface area contributed by atoms with Crippen LogP contribution in [0, 0.1) is 30.6 Å². The van der Waals surface area contributed by atoms with Gasteiger partial charge < -0.3 is 15.9 Å². The van der Waals surface area contributed by atoms with Crippen molar-refractivity contribution in [1.29, 1.82) is 0 Å². The van der Waals surface area contributed by atoms with Crippen LogP contribution in [-0.2, 0) is 25.6 Å². The molecule has 3 aliphatic rings. The van der Waals surface area contributed by atoms with Crippen molar-refractivity contribution < 1.29 is 34.2 Å². The topological polar surface area (TPSA) is 168 Å². The number of ketones is 4. The van der Waals surface area contributed by atoms with E-state index in [2.05, 4.69) is 4.98 Å². The first kappa shape index (κ1) is 24.9. The molecule has 4 N–H and O–H groups in total. The Kier molecular flexibility index (Phi) is 5.65. The fourth-order valence-corrected chi connectivity index (χ4v) is 6.60. The number of carbonyl (C=O) groups excluding carboxylic acids is 5. The van der Waals surface area contributed by atoms with Crippen LogP contribution in [0.1, 0.15) is 27.9 Å². The average Bonchev–Trinajstić information content (AvgIpc) is 2.82. The number of rotatable bonds is 3. The second-order valence-corrected chi connectivity index (χ2v) is 10.5. The van der Waals surface area contributed by atoms with Gasteiger partial charge in [0.1, 0.15) is 5.75 Å². The lowest BCUT2D eigenvalue weighted by atomic mass is 9.52. The number of pyridine rings is 1. The van der Waals surface area contributed by atoms with Gasteiger partial charge in [-0.2, -0.15) is 0 Å². The lowest BCUT2D eigenvalue weighted by Gasteiger charge is -2.52. The van der Waals surface area contributed by atoms with Gasteiger partial charge in [0.25, 0.3) is 0 Å². The quantitative estimate of drug-likeness (QED) is 0.495. The minimum Gasteiger partial charge on any atom is -0.507 e. The molecule has 37 heavy (non-hydrogen) atoms. The molecule has 5 rings (SSSR count). The molecule has 1 aromatic heterocycles. The predicted molar refractivity (Wildman–Crippen MR) is 129 cm³/mol. The van der Waals surface area contributed by atoms with Gasteiger partial charge in [0.05, 0.1) is 17.5 Å². The summed E-state index contributed by atoms with van der Waals surface area (Å²) < 4.78 is 0. The molecule has 0 aliphatic heterocycles. The SMILES string of the molecule is Cc1ccncc1-c1ccc(O)c2c1CC1CC3C(N(C)C)C(=O)C(C(N)=O)C(=O)C3(O)C(=O)C1C2=O. The molecule has 2 fully saturated rings. The van der Waals surface area contributed by atoms with Crippen LogP contribution in [-0.4, -0.2) is 74.9 Å². The maximum absolute atomic E-state index is 13.8. The molecule has 1 heterocycles. The van der Waals surface area contributed by atoms with Crippen LogP contribution in [0.25, 0.3) is 11.1 Å². The molecule has 0 bridgehead atoms. The second kappa shape index (κ2) is 8.39. The van der Waals surface area contributed by atoms with Crippen LogP contribution in [0.3, 0.4) is 0 Å². The molecule has 1 amide bonds. The molecule has 192 valence electrons. The van der Waals surface area contributed by atoms with Crippen LogP contribution in [0.2, 0.25) is 0 Å². The third-order valence-corrected chi connectivity index (χ3v) is 8.27. The Labute approximate surface area is 212 Å². The average molecular weight is 506 g/mol. The van der Waals surface area contributed by atoms with Crippen molar-refractivity contribution in [2.24, 2.45) is 29.4 Å². The van der Waals surface area contributed by atoms with Crippen molar-refractivity contribution in [3.05, 3.63) is 47.3 Å². The zero-order valence-electron chi connectivity index (χ0n) is 20.6. The molecule has 2 saturated carbocycles. The molecule has 10 heteroatoms. The number of nitrogens with two attached hydrogens (primary N) is 1. The first-order chi connectivity index (χ1) is 17.4. The van der Waals surface area contributed by atoms with Gasteiger partial charge in [-0.1, -0.05) is 6.07 Å². The smallest absolute Gasteiger partial charge is 0.235 e. The van der Waals surface area contributed by atoms with E-state index in [9.17, 15) is 34.2 Å². The fraction of sp³-hybridized carbons (Fsp3) is 0.407. The van der Waals surface area contributed by atoms with Gasteiger partial charge in [-0.25, -0.2) is 0 Å². The summed E-state index contributed by atoms with van der Waals surface area (Å²) in [6.45, 7) is 1.89. The Morgan fingerprint density at radius 3 is 2.43 bits per heavy atom. The van der Waals surface area contributed by atoms with E-state index in [1.807, 2.05) is 13.0 Å². The van der Waals surface area contributed by atoms with E-state index in [0.29, 0.717) is 11.1 Å². The summed E-state index contributed by atoms with van der Waals surface area (Å²) in [6.07, 6.45) is 3.51. The summed E-state index contributed by atoms with van der Waals surface area (Å²) in [7, 11) is 3.10. The molecule has 0 radical (unpaired) electrons. The number of phenols is 1. The molecule has 6 unspecified atom stereocenters. The Hall–Kier alpha value is -3.76.